The van der Waals surface area contributed by atoms with Gasteiger partial charge in [-0.1, -0.05) is 18.2 Å². The monoisotopic (exact) mass is 596 g/mol. The first-order valence-electron chi connectivity index (χ1n) is 13.6. The van der Waals surface area contributed by atoms with E-state index < -0.39 is 17.8 Å². The number of nitrogens with zero attached hydrogens (tertiary/aromatic N) is 4. The molecule has 2 aliphatic heterocycles. The summed E-state index contributed by atoms with van der Waals surface area (Å²) in [5, 5.41) is 6.47. The van der Waals surface area contributed by atoms with Crippen molar-refractivity contribution in [1.82, 2.24) is 19.8 Å². The number of benzene rings is 2. The third kappa shape index (κ3) is 6.94. The maximum atomic E-state index is 13.6. The van der Waals surface area contributed by atoms with Gasteiger partial charge < -0.3 is 25.0 Å². The molecule has 2 amide bonds. The lowest BCUT2D eigenvalue weighted by Crippen LogP contribution is -2.51. The van der Waals surface area contributed by atoms with Crippen LogP contribution in [0, 0.1) is 5.82 Å². The van der Waals surface area contributed by atoms with Gasteiger partial charge in [0.15, 0.2) is 6.10 Å². The number of carbonyl (C=O) groups excluding carboxylic acids is 3. The van der Waals surface area contributed by atoms with Crippen molar-refractivity contribution >= 4 is 57.5 Å². The van der Waals surface area contributed by atoms with Crippen LogP contribution in [-0.4, -0.2) is 83.0 Å². The molecule has 1 aromatic heterocycles. The van der Waals surface area contributed by atoms with Gasteiger partial charge in [0.05, 0.1) is 22.8 Å². The Morgan fingerprint density at radius 1 is 1.19 bits per heavy atom. The van der Waals surface area contributed by atoms with E-state index in [1.807, 2.05) is 0 Å². The largest absolute Gasteiger partial charge is 0.491 e. The average molecular weight is 597 g/mol. The smallest absolute Gasteiger partial charge is 0.306 e. The second-order valence-corrected chi connectivity index (χ2v) is 10.3. The standard InChI is InChI=1S/C29H30ClFN6O5/c1-2-26(38)35-23-15-19-22(32-17-33-28(19)34-18-4-5-21(31)20(30)14-18)16-25(23)41-13-3-8-36-9-11-37(12-10-36)29(40)24-6-7-27(39)42-24/h2,4-5,14-17,24H,1,3,6-13H2,(H,35,38)(H,32,33,34)/t24-/m0/s1. The molecule has 5 rings (SSSR count). The zero-order valence-corrected chi connectivity index (χ0v) is 23.5. The van der Waals surface area contributed by atoms with E-state index in [-0.39, 0.29) is 16.9 Å². The fraction of sp³-hybridized carbons (Fsp3) is 0.345. The molecule has 42 heavy (non-hydrogen) atoms. The number of hydrogen-bond acceptors (Lipinski definition) is 9. The van der Waals surface area contributed by atoms with Gasteiger partial charge in [-0.3, -0.25) is 19.3 Å². The molecule has 2 N–H and O–H groups in total. The maximum absolute atomic E-state index is 13.6. The lowest BCUT2D eigenvalue weighted by atomic mass is 10.1. The number of anilines is 3. The van der Waals surface area contributed by atoms with Crippen LogP contribution in [0.3, 0.4) is 0 Å². The number of rotatable bonds is 10. The predicted octanol–water partition coefficient (Wildman–Crippen LogP) is 3.91. The molecule has 0 bridgehead atoms. The van der Waals surface area contributed by atoms with Crippen LogP contribution >= 0.6 is 11.6 Å². The van der Waals surface area contributed by atoms with Gasteiger partial charge in [0.2, 0.25) is 5.91 Å². The fourth-order valence-corrected chi connectivity index (χ4v) is 5.04. The van der Waals surface area contributed by atoms with Crippen molar-refractivity contribution in [3.63, 3.8) is 0 Å². The average Bonchev–Trinajstić information content (AvgIpc) is 3.43. The Balaban J connectivity index is 1.21. The Kier molecular flexibility index (Phi) is 9.13. The van der Waals surface area contributed by atoms with Crippen molar-refractivity contribution in [1.29, 1.82) is 0 Å². The quantitative estimate of drug-likeness (QED) is 0.203. The van der Waals surface area contributed by atoms with Crippen molar-refractivity contribution in [2.75, 3.05) is 50.0 Å². The van der Waals surface area contributed by atoms with Crippen LogP contribution in [0.1, 0.15) is 19.3 Å². The number of esters is 1. The van der Waals surface area contributed by atoms with Crippen LogP contribution in [0.15, 0.2) is 49.3 Å². The molecule has 2 fully saturated rings. The molecule has 3 heterocycles. The lowest BCUT2D eigenvalue weighted by molar-refractivity contribution is -0.153. The molecule has 220 valence electrons. The number of ether oxygens (including phenoxy) is 2. The number of fused-ring (bicyclic) bond motifs is 1. The van der Waals surface area contributed by atoms with Gasteiger partial charge in [0.25, 0.3) is 5.91 Å². The van der Waals surface area contributed by atoms with E-state index in [0.29, 0.717) is 72.8 Å². The Hall–Kier alpha value is -4.29. The van der Waals surface area contributed by atoms with Crippen molar-refractivity contribution < 1.29 is 28.2 Å². The Labute approximate surface area is 246 Å². The van der Waals surface area contributed by atoms with E-state index in [4.69, 9.17) is 21.1 Å². The van der Waals surface area contributed by atoms with Crippen LogP contribution in [-0.2, 0) is 19.1 Å². The summed E-state index contributed by atoms with van der Waals surface area (Å²) >= 11 is 5.92. The van der Waals surface area contributed by atoms with Crippen molar-refractivity contribution in [2.45, 2.75) is 25.4 Å². The first kappa shape index (κ1) is 29.2. The molecule has 0 saturated carbocycles. The Morgan fingerprint density at radius 3 is 2.71 bits per heavy atom. The molecule has 0 radical (unpaired) electrons. The molecular weight excluding hydrogens is 567 g/mol. The number of halogens is 2. The van der Waals surface area contributed by atoms with E-state index in [2.05, 4.69) is 32.1 Å². The molecule has 13 heteroatoms. The molecular formula is C29H30ClFN6O5. The summed E-state index contributed by atoms with van der Waals surface area (Å²) in [6.45, 7) is 7.26. The van der Waals surface area contributed by atoms with Gasteiger partial charge >= 0.3 is 5.97 Å². The number of aromatic nitrogens is 2. The summed E-state index contributed by atoms with van der Waals surface area (Å²) in [4.78, 5) is 48.8. The lowest BCUT2D eigenvalue weighted by Gasteiger charge is -2.35. The third-order valence-corrected chi connectivity index (χ3v) is 7.37. The summed E-state index contributed by atoms with van der Waals surface area (Å²) in [5.74, 6) is -0.490. The second-order valence-electron chi connectivity index (χ2n) is 9.92. The van der Waals surface area contributed by atoms with E-state index in [9.17, 15) is 18.8 Å². The third-order valence-electron chi connectivity index (χ3n) is 7.08. The molecule has 2 saturated heterocycles. The van der Waals surface area contributed by atoms with Crippen LogP contribution in [0.5, 0.6) is 5.75 Å². The number of hydrogen-bond donors (Lipinski definition) is 2. The first-order chi connectivity index (χ1) is 20.3. The number of carbonyl (C=O) groups is 3. The highest BCUT2D eigenvalue weighted by Gasteiger charge is 2.34. The van der Waals surface area contributed by atoms with Crippen molar-refractivity contribution in [3.05, 3.63) is 60.2 Å². The van der Waals surface area contributed by atoms with Crippen molar-refractivity contribution in [3.8, 4) is 5.75 Å². The van der Waals surface area contributed by atoms with Gasteiger partial charge in [0.1, 0.15) is 23.7 Å². The zero-order valence-electron chi connectivity index (χ0n) is 22.8. The molecule has 2 aliphatic rings. The molecule has 0 unspecified atom stereocenters. The van der Waals surface area contributed by atoms with Gasteiger partial charge in [-0.2, -0.15) is 0 Å². The number of amides is 2. The fourth-order valence-electron chi connectivity index (χ4n) is 4.86. The predicted molar refractivity (Wildman–Crippen MR) is 155 cm³/mol. The first-order valence-corrected chi connectivity index (χ1v) is 14.0. The van der Waals surface area contributed by atoms with Crippen molar-refractivity contribution in [2.24, 2.45) is 0 Å². The van der Waals surface area contributed by atoms with E-state index in [1.165, 1.54) is 24.5 Å². The van der Waals surface area contributed by atoms with E-state index in [0.717, 1.165) is 25.7 Å². The van der Waals surface area contributed by atoms with E-state index in [1.54, 1.807) is 17.0 Å². The summed E-state index contributed by atoms with van der Waals surface area (Å²) in [7, 11) is 0. The van der Waals surface area contributed by atoms with Gasteiger partial charge in [-0.15, -0.1) is 0 Å². The SMILES string of the molecule is C=CC(=O)Nc1cc2c(Nc3ccc(F)c(Cl)c3)ncnc2cc1OCCCN1CCN(C(=O)[C@@H]2CCC(=O)O2)CC1. The van der Waals surface area contributed by atoms with Gasteiger partial charge in [-0.05, 0) is 36.8 Å². The summed E-state index contributed by atoms with van der Waals surface area (Å²) in [6, 6.07) is 7.67. The summed E-state index contributed by atoms with van der Waals surface area (Å²) in [5.41, 5.74) is 1.52. The van der Waals surface area contributed by atoms with Crippen LogP contribution in [0.25, 0.3) is 10.9 Å². The Bertz CT molecular complexity index is 1510. The second kappa shape index (κ2) is 13.1. The molecule has 0 aliphatic carbocycles. The van der Waals surface area contributed by atoms with Crippen LogP contribution < -0.4 is 15.4 Å². The minimum Gasteiger partial charge on any atom is -0.491 e. The molecule has 0 spiro atoms. The molecule has 2 aromatic carbocycles. The highest BCUT2D eigenvalue weighted by Crippen LogP contribution is 2.34. The minimum absolute atomic E-state index is 0.0280. The maximum Gasteiger partial charge on any atom is 0.306 e. The highest BCUT2D eigenvalue weighted by atomic mass is 35.5. The number of piperazine rings is 1. The summed E-state index contributed by atoms with van der Waals surface area (Å²) in [6.07, 6.45) is 3.37. The topological polar surface area (TPSA) is 126 Å². The zero-order chi connectivity index (χ0) is 29.6. The number of nitrogens with one attached hydrogen (secondary N) is 2. The Morgan fingerprint density at radius 2 is 2.00 bits per heavy atom. The molecule has 11 nitrogen and oxygen atoms in total. The van der Waals surface area contributed by atoms with Crippen LogP contribution in [0.2, 0.25) is 5.02 Å². The van der Waals surface area contributed by atoms with E-state index >= 15 is 0 Å². The number of cyclic esters (lactones) is 1. The van der Waals surface area contributed by atoms with Crippen LogP contribution in [0.4, 0.5) is 21.6 Å². The van der Waals surface area contributed by atoms with Gasteiger partial charge in [-0.25, -0.2) is 14.4 Å². The molecule has 3 aromatic rings. The summed E-state index contributed by atoms with van der Waals surface area (Å²) < 4.78 is 24.8. The highest BCUT2D eigenvalue weighted by molar-refractivity contribution is 6.31. The minimum atomic E-state index is -0.645. The van der Waals surface area contributed by atoms with Gasteiger partial charge in [0, 0.05) is 62.7 Å². The molecule has 1 atom stereocenters. The normalized spacial score (nSPS) is 17.1.